The topological polar surface area (TPSA) is 197 Å². The van der Waals surface area contributed by atoms with Crippen molar-refractivity contribution in [3.8, 4) is 11.6 Å². The summed E-state index contributed by atoms with van der Waals surface area (Å²) in [6, 6.07) is 3.12. The third kappa shape index (κ3) is 9.17. The third-order valence-electron chi connectivity index (χ3n) is 11.2. The number of carbonyl (C=O) groups is 4. The van der Waals surface area contributed by atoms with Crippen LogP contribution in [0.5, 0.6) is 11.6 Å². The summed E-state index contributed by atoms with van der Waals surface area (Å²) in [5.74, 6) is -1.67. The predicted octanol–water partition coefficient (Wildman–Crippen LogP) is 1.09. The number of hydrogen-bond donors (Lipinski definition) is 2. The molecule has 2 bridgehead atoms. The number of ether oxygens (including phenoxy) is 3. The zero-order valence-electron chi connectivity index (χ0n) is 32.2. The van der Waals surface area contributed by atoms with E-state index in [0.29, 0.717) is 41.7 Å². The molecular weight excluding hydrogens is 756 g/mol. The van der Waals surface area contributed by atoms with Gasteiger partial charge in [0.25, 0.3) is 0 Å². The van der Waals surface area contributed by atoms with Crippen LogP contribution in [0.3, 0.4) is 0 Å². The van der Waals surface area contributed by atoms with Crippen molar-refractivity contribution < 1.29 is 93.2 Å². The van der Waals surface area contributed by atoms with Crippen LogP contribution in [-0.4, -0.2) is 95.8 Å². The van der Waals surface area contributed by atoms with Crippen LogP contribution in [-0.2, 0) is 35.6 Å². The minimum atomic E-state index is -3.92. The second kappa shape index (κ2) is 16.2. The molecule has 15 nitrogen and oxygen atoms in total. The number of rotatable bonds is 7. The normalized spacial score (nSPS) is 29.7. The molecule has 55 heavy (non-hydrogen) atoms. The van der Waals surface area contributed by atoms with E-state index in [4.69, 9.17) is 24.2 Å². The van der Waals surface area contributed by atoms with Gasteiger partial charge in [-0.1, -0.05) is 39.7 Å². The Bertz CT molecular complexity index is 1970. The molecule has 1 saturated heterocycles. The number of nitrogens with zero attached hydrogens (tertiary/aromatic N) is 4. The number of benzene rings is 1. The first-order valence-electron chi connectivity index (χ1n) is 18.9. The second-order valence-corrected chi connectivity index (χ2v) is 18.4. The Balaban J connectivity index is 0.00000514. The van der Waals surface area contributed by atoms with Gasteiger partial charge in [-0.25, -0.2) is 23.2 Å². The van der Waals surface area contributed by atoms with Gasteiger partial charge in [-0.2, -0.15) is 0 Å². The molecule has 292 valence electrons. The first kappa shape index (κ1) is 41.8. The SMILES string of the molecule is C=CC1CC1([N-]C(=O)C1CC2CN1C(=O)C(C(C)(C)C)NC(=O)OC1CC1CCCCCc1nc3ccc(OC)cc3nc1O2)C(=O)NS(=O)(=O)C1CC1.[K+]. The molecule has 5 aliphatic rings. The average molecular weight is 805 g/mol. The number of alkyl carbamates (subject to hydrolysis) is 1. The Morgan fingerprint density at radius 3 is 2.53 bits per heavy atom. The van der Waals surface area contributed by atoms with Gasteiger partial charge < -0.3 is 34.5 Å². The van der Waals surface area contributed by atoms with E-state index in [1.807, 2.05) is 12.1 Å². The van der Waals surface area contributed by atoms with Gasteiger partial charge in [0.05, 0.1) is 41.9 Å². The summed E-state index contributed by atoms with van der Waals surface area (Å²) in [5.41, 5.74) is -0.605. The summed E-state index contributed by atoms with van der Waals surface area (Å²) < 4.78 is 45.3. The van der Waals surface area contributed by atoms with Gasteiger partial charge in [-0.05, 0) is 79.9 Å². The predicted molar refractivity (Wildman–Crippen MR) is 197 cm³/mol. The zero-order valence-corrected chi connectivity index (χ0v) is 36.1. The Morgan fingerprint density at radius 2 is 1.85 bits per heavy atom. The number of nitrogens with one attached hydrogen (secondary N) is 2. The molecule has 0 radical (unpaired) electrons. The van der Waals surface area contributed by atoms with Crippen molar-refractivity contribution in [1.29, 1.82) is 0 Å². The fourth-order valence-corrected chi connectivity index (χ4v) is 8.91. The summed E-state index contributed by atoms with van der Waals surface area (Å²) in [6.07, 6.45) is 5.73. The molecule has 4 amide bonds. The number of fused-ring (bicyclic) bond motifs is 5. The maximum atomic E-state index is 14.6. The van der Waals surface area contributed by atoms with Crippen LogP contribution in [0.15, 0.2) is 30.9 Å². The van der Waals surface area contributed by atoms with Crippen LogP contribution in [0, 0.1) is 17.3 Å². The Labute approximate surface area is 364 Å². The monoisotopic (exact) mass is 804 g/mol. The van der Waals surface area contributed by atoms with E-state index < -0.39 is 74.1 Å². The van der Waals surface area contributed by atoms with Gasteiger partial charge in [0.1, 0.15) is 29.7 Å². The van der Waals surface area contributed by atoms with Crippen LogP contribution in [0.2, 0.25) is 0 Å². The standard InChI is InChI=1S/C38H50N6O9S.K/c1-6-22-19-38(22,35(47)43-54(49,50)25-13-14-25)42-32(45)29-18-24-20-44(29)34(46)31(37(2,3)4)41-36(48)53-30-16-21(30)10-8-7-9-11-27-33(52-24)40-28-17-23(51-5)12-15-26(28)39-27;/h6,12,15,17,21-22,24-25,29-31H,1,7-11,13-14,16,18-20H2,2-5H3,(H3,41,42,43,45,47,48);/q;+1/p-1. The molecule has 7 unspecified atom stereocenters. The van der Waals surface area contributed by atoms with Crippen LogP contribution in [0.25, 0.3) is 16.4 Å². The van der Waals surface area contributed by atoms with Gasteiger partial charge in [-0.15, -0.1) is 6.58 Å². The summed E-state index contributed by atoms with van der Waals surface area (Å²) in [4.78, 5) is 66.7. The van der Waals surface area contributed by atoms with E-state index >= 15 is 0 Å². The smallest absolute Gasteiger partial charge is 0.638 e. The molecule has 2 N–H and O–H groups in total. The van der Waals surface area contributed by atoms with Crippen LogP contribution in [0.4, 0.5) is 4.79 Å². The molecule has 3 aliphatic carbocycles. The summed E-state index contributed by atoms with van der Waals surface area (Å²) in [7, 11) is -2.36. The van der Waals surface area contributed by atoms with Gasteiger partial charge in [0, 0.05) is 12.5 Å². The number of aromatic nitrogens is 2. The van der Waals surface area contributed by atoms with E-state index in [2.05, 4.69) is 21.9 Å². The molecule has 3 saturated carbocycles. The first-order valence-corrected chi connectivity index (χ1v) is 20.4. The fraction of sp³-hybridized carbons (Fsp3) is 0.632. The number of aryl methyl sites for hydroxylation is 1. The van der Waals surface area contributed by atoms with E-state index in [-0.39, 0.29) is 88.7 Å². The molecule has 3 heterocycles. The molecule has 1 aromatic heterocycles. The maximum Gasteiger partial charge on any atom is 1.00 e. The molecule has 7 rings (SSSR count). The zero-order chi connectivity index (χ0) is 38.6. The fourth-order valence-electron chi connectivity index (χ4n) is 7.55. The van der Waals surface area contributed by atoms with E-state index in [1.54, 1.807) is 33.9 Å². The summed E-state index contributed by atoms with van der Waals surface area (Å²) in [6.45, 7) is 9.11. The Kier molecular flexibility index (Phi) is 12.3. The number of sulfonamides is 1. The van der Waals surface area contributed by atoms with Crippen molar-refractivity contribution in [1.82, 2.24) is 24.9 Å². The molecule has 2 aromatic rings. The van der Waals surface area contributed by atoms with Gasteiger partial charge >= 0.3 is 57.5 Å². The van der Waals surface area contributed by atoms with Crippen molar-refractivity contribution in [3.05, 3.63) is 41.9 Å². The van der Waals surface area contributed by atoms with Crippen molar-refractivity contribution >= 4 is 44.9 Å². The van der Waals surface area contributed by atoms with E-state index in [1.165, 1.54) is 11.0 Å². The Morgan fingerprint density at radius 1 is 1.09 bits per heavy atom. The van der Waals surface area contributed by atoms with Gasteiger partial charge in [0.2, 0.25) is 27.7 Å². The molecule has 4 fully saturated rings. The third-order valence-corrected chi connectivity index (χ3v) is 13.0. The van der Waals surface area contributed by atoms with Crippen LogP contribution < -0.4 is 70.9 Å². The van der Waals surface area contributed by atoms with Crippen molar-refractivity contribution in [2.75, 3.05) is 13.7 Å². The van der Waals surface area contributed by atoms with Gasteiger partial charge in [0.15, 0.2) is 0 Å². The van der Waals surface area contributed by atoms with Crippen molar-refractivity contribution in [2.24, 2.45) is 17.3 Å². The van der Waals surface area contributed by atoms with Gasteiger partial charge in [-0.3, -0.25) is 14.3 Å². The number of carbonyl (C=O) groups excluding carboxylic acids is 4. The molecule has 0 spiro atoms. The molecule has 1 aromatic carbocycles. The van der Waals surface area contributed by atoms with Crippen molar-refractivity contribution in [3.63, 3.8) is 0 Å². The quantitative estimate of drug-likeness (QED) is 0.300. The molecule has 2 aliphatic heterocycles. The summed E-state index contributed by atoms with van der Waals surface area (Å²) in [5, 5.41) is 6.49. The number of amides is 4. The average Bonchev–Trinajstić information content (AvgIpc) is 4.04. The summed E-state index contributed by atoms with van der Waals surface area (Å²) >= 11 is 0. The minimum Gasteiger partial charge on any atom is -0.638 e. The minimum absolute atomic E-state index is 0. The van der Waals surface area contributed by atoms with Crippen molar-refractivity contribution in [2.45, 2.75) is 120 Å². The molecular formula is C38H49KN6O9S. The molecule has 17 heteroatoms. The second-order valence-electron chi connectivity index (χ2n) is 16.4. The maximum absolute atomic E-state index is 14.6. The number of methoxy groups -OCH3 is 1. The van der Waals surface area contributed by atoms with E-state index in [9.17, 15) is 27.6 Å². The largest absolute Gasteiger partial charge is 1.00 e. The van der Waals surface area contributed by atoms with Crippen LogP contribution in [0.1, 0.15) is 84.3 Å². The van der Waals surface area contributed by atoms with E-state index in [0.717, 1.165) is 32.1 Å². The number of hydrogen-bond acceptors (Lipinski definition) is 11. The molecule has 7 atom stereocenters. The first-order chi connectivity index (χ1) is 25.6. The van der Waals surface area contributed by atoms with Crippen LogP contribution >= 0.6 is 0 Å². The Hall–Kier alpha value is -2.83.